The Bertz CT molecular complexity index is 492. The summed E-state index contributed by atoms with van der Waals surface area (Å²) in [5.74, 6) is 1.92. The fourth-order valence-electron chi connectivity index (χ4n) is 2.39. The summed E-state index contributed by atoms with van der Waals surface area (Å²) in [7, 11) is 1.62. The first kappa shape index (κ1) is 20.2. The van der Waals surface area contributed by atoms with Crippen molar-refractivity contribution in [2.45, 2.75) is 46.8 Å². The number of guanidine groups is 1. The van der Waals surface area contributed by atoms with Gasteiger partial charge in [-0.1, -0.05) is 19.9 Å². The summed E-state index contributed by atoms with van der Waals surface area (Å²) in [6, 6.07) is 3.87. The van der Waals surface area contributed by atoms with E-state index in [1.54, 1.807) is 13.3 Å². The zero-order chi connectivity index (χ0) is 17.8. The van der Waals surface area contributed by atoms with Gasteiger partial charge in [0.2, 0.25) is 5.88 Å². The Balaban J connectivity index is 2.59. The Morgan fingerprint density at radius 1 is 1.29 bits per heavy atom. The van der Waals surface area contributed by atoms with Gasteiger partial charge in [0.1, 0.15) is 0 Å². The number of nitrogens with one attached hydrogen (secondary N) is 2. The van der Waals surface area contributed by atoms with Crippen LogP contribution in [0.25, 0.3) is 0 Å². The maximum absolute atomic E-state index is 5.78. The van der Waals surface area contributed by atoms with E-state index in [4.69, 9.17) is 9.47 Å². The van der Waals surface area contributed by atoms with Crippen LogP contribution in [0.15, 0.2) is 23.3 Å². The van der Waals surface area contributed by atoms with E-state index in [0.29, 0.717) is 18.3 Å². The molecule has 1 aromatic heterocycles. The number of ether oxygens (including phenoxy) is 2. The van der Waals surface area contributed by atoms with Crippen molar-refractivity contribution < 1.29 is 9.47 Å². The summed E-state index contributed by atoms with van der Waals surface area (Å²) in [5, 5.41) is 6.63. The first-order valence-corrected chi connectivity index (χ1v) is 8.73. The maximum Gasteiger partial charge on any atom is 0.218 e. The van der Waals surface area contributed by atoms with Gasteiger partial charge in [0.25, 0.3) is 0 Å². The molecule has 0 aliphatic heterocycles. The van der Waals surface area contributed by atoms with Gasteiger partial charge in [-0.3, -0.25) is 0 Å². The molecule has 0 aliphatic carbocycles. The van der Waals surface area contributed by atoms with Crippen molar-refractivity contribution in [2.75, 3.05) is 26.8 Å². The fraction of sp³-hybridized carbons (Fsp3) is 0.667. The van der Waals surface area contributed by atoms with E-state index in [2.05, 4.69) is 41.4 Å². The molecule has 0 saturated carbocycles. The largest absolute Gasteiger partial charge is 0.481 e. The van der Waals surface area contributed by atoms with E-state index >= 15 is 0 Å². The van der Waals surface area contributed by atoms with Crippen molar-refractivity contribution in [3.63, 3.8) is 0 Å². The van der Waals surface area contributed by atoms with Gasteiger partial charge in [-0.15, -0.1) is 0 Å². The Kier molecular flexibility index (Phi) is 9.84. The van der Waals surface area contributed by atoms with Crippen LogP contribution in [0.2, 0.25) is 0 Å². The minimum absolute atomic E-state index is 0.267. The minimum Gasteiger partial charge on any atom is -0.481 e. The average Bonchev–Trinajstić information content (AvgIpc) is 2.58. The Labute approximate surface area is 146 Å². The van der Waals surface area contributed by atoms with Crippen LogP contribution in [0.4, 0.5) is 0 Å². The van der Waals surface area contributed by atoms with E-state index in [-0.39, 0.29) is 6.10 Å². The SMILES string of the molecule is CCNC(=NCc1cccnc1OC)NCCC(OCC)C(C)C. The smallest absolute Gasteiger partial charge is 0.218 e. The Hall–Kier alpha value is -1.82. The summed E-state index contributed by atoms with van der Waals surface area (Å²) >= 11 is 0. The van der Waals surface area contributed by atoms with E-state index in [9.17, 15) is 0 Å². The minimum atomic E-state index is 0.267. The molecule has 0 aromatic carbocycles. The highest BCUT2D eigenvalue weighted by Gasteiger charge is 2.13. The second kappa shape index (κ2) is 11.7. The molecule has 0 radical (unpaired) electrons. The van der Waals surface area contributed by atoms with Crippen LogP contribution < -0.4 is 15.4 Å². The summed E-state index contributed by atoms with van der Waals surface area (Å²) in [5.41, 5.74) is 0.964. The van der Waals surface area contributed by atoms with Gasteiger partial charge < -0.3 is 20.1 Å². The predicted molar refractivity (Wildman–Crippen MR) is 98.5 cm³/mol. The molecule has 0 spiro atoms. The predicted octanol–water partition coefficient (Wildman–Crippen LogP) is 2.60. The van der Waals surface area contributed by atoms with Gasteiger partial charge in [-0.25, -0.2) is 9.98 Å². The Morgan fingerprint density at radius 2 is 2.08 bits per heavy atom. The topological polar surface area (TPSA) is 67.8 Å². The molecule has 0 saturated heterocycles. The molecule has 1 heterocycles. The maximum atomic E-state index is 5.78. The first-order chi connectivity index (χ1) is 11.6. The highest BCUT2D eigenvalue weighted by molar-refractivity contribution is 5.79. The van der Waals surface area contributed by atoms with Crippen LogP contribution in [0.1, 0.15) is 39.7 Å². The zero-order valence-electron chi connectivity index (χ0n) is 15.6. The van der Waals surface area contributed by atoms with Crippen molar-refractivity contribution >= 4 is 5.96 Å². The van der Waals surface area contributed by atoms with Gasteiger partial charge in [-0.2, -0.15) is 0 Å². The lowest BCUT2D eigenvalue weighted by Gasteiger charge is -2.21. The summed E-state index contributed by atoms with van der Waals surface area (Å²) in [6.07, 6.45) is 2.94. The quantitative estimate of drug-likeness (QED) is 0.508. The van der Waals surface area contributed by atoms with Gasteiger partial charge in [0.15, 0.2) is 5.96 Å². The van der Waals surface area contributed by atoms with E-state index < -0.39 is 0 Å². The van der Waals surface area contributed by atoms with Crippen LogP contribution >= 0.6 is 0 Å². The highest BCUT2D eigenvalue weighted by atomic mass is 16.5. The van der Waals surface area contributed by atoms with Crippen LogP contribution in [0.3, 0.4) is 0 Å². The standard InChI is InChI=1S/C18H32N4O2/c1-6-19-18(21-12-10-16(14(3)4)24-7-2)22-13-15-9-8-11-20-17(15)23-5/h8-9,11,14,16H,6-7,10,12-13H2,1-5H3,(H2,19,21,22). The van der Waals surface area contributed by atoms with Gasteiger partial charge >= 0.3 is 0 Å². The van der Waals surface area contributed by atoms with Crippen LogP contribution in [-0.2, 0) is 11.3 Å². The molecular weight excluding hydrogens is 304 g/mol. The lowest BCUT2D eigenvalue weighted by Crippen LogP contribution is -2.39. The van der Waals surface area contributed by atoms with Crippen LogP contribution in [-0.4, -0.2) is 43.9 Å². The number of rotatable bonds is 10. The molecule has 1 aromatic rings. The Morgan fingerprint density at radius 3 is 2.71 bits per heavy atom. The molecule has 1 atom stereocenters. The van der Waals surface area contributed by atoms with Gasteiger partial charge in [0.05, 0.1) is 19.8 Å². The molecular formula is C18H32N4O2. The number of pyridine rings is 1. The molecule has 0 amide bonds. The van der Waals surface area contributed by atoms with Gasteiger partial charge in [0, 0.05) is 31.5 Å². The van der Waals surface area contributed by atoms with E-state index in [1.165, 1.54) is 0 Å². The number of nitrogens with zero attached hydrogens (tertiary/aromatic N) is 2. The number of aliphatic imine (C=N–C) groups is 1. The van der Waals surface area contributed by atoms with E-state index in [1.807, 2.05) is 19.1 Å². The molecule has 1 rings (SSSR count). The molecule has 24 heavy (non-hydrogen) atoms. The lowest BCUT2D eigenvalue weighted by molar-refractivity contribution is 0.0258. The normalized spacial score (nSPS) is 13.0. The highest BCUT2D eigenvalue weighted by Crippen LogP contribution is 2.14. The molecule has 0 bridgehead atoms. The summed E-state index contributed by atoms with van der Waals surface area (Å²) in [4.78, 5) is 8.81. The third kappa shape index (κ3) is 7.17. The number of methoxy groups -OCH3 is 1. The molecule has 6 nitrogen and oxygen atoms in total. The number of aromatic nitrogens is 1. The van der Waals surface area contributed by atoms with Crippen LogP contribution in [0, 0.1) is 5.92 Å². The van der Waals surface area contributed by atoms with Gasteiger partial charge in [-0.05, 0) is 32.3 Å². The van der Waals surface area contributed by atoms with Crippen molar-refractivity contribution in [1.82, 2.24) is 15.6 Å². The molecule has 2 N–H and O–H groups in total. The van der Waals surface area contributed by atoms with Crippen molar-refractivity contribution in [2.24, 2.45) is 10.9 Å². The zero-order valence-corrected chi connectivity index (χ0v) is 15.6. The number of hydrogen-bond acceptors (Lipinski definition) is 4. The molecule has 0 aliphatic rings. The molecule has 1 unspecified atom stereocenters. The van der Waals surface area contributed by atoms with Crippen LogP contribution in [0.5, 0.6) is 5.88 Å². The van der Waals surface area contributed by atoms with Crippen molar-refractivity contribution in [3.8, 4) is 5.88 Å². The third-order valence-corrected chi connectivity index (χ3v) is 3.64. The summed E-state index contributed by atoms with van der Waals surface area (Å²) in [6.45, 7) is 11.4. The number of hydrogen-bond donors (Lipinski definition) is 2. The fourth-order valence-corrected chi connectivity index (χ4v) is 2.39. The van der Waals surface area contributed by atoms with Crippen molar-refractivity contribution in [1.29, 1.82) is 0 Å². The first-order valence-electron chi connectivity index (χ1n) is 8.73. The van der Waals surface area contributed by atoms with Crippen molar-refractivity contribution in [3.05, 3.63) is 23.9 Å². The second-order valence-corrected chi connectivity index (χ2v) is 5.82. The molecule has 6 heteroatoms. The average molecular weight is 336 g/mol. The third-order valence-electron chi connectivity index (χ3n) is 3.64. The second-order valence-electron chi connectivity index (χ2n) is 5.82. The monoisotopic (exact) mass is 336 g/mol. The molecule has 0 fully saturated rings. The lowest BCUT2D eigenvalue weighted by atomic mass is 10.0. The summed E-state index contributed by atoms with van der Waals surface area (Å²) < 4.78 is 11.0. The van der Waals surface area contributed by atoms with E-state index in [0.717, 1.165) is 37.6 Å². The molecule has 136 valence electrons.